The average molecular weight is 443 g/mol. The molecule has 5 nitrogen and oxygen atoms in total. The fourth-order valence-electron chi connectivity index (χ4n) is 2.65. The zero-order chi connectivity index (χ0) is 22.8. The lowest BCUT2D eigenvalue weighted by atomic mass is 10.0. The molecule has 3 rings (SSSR count). The first kappa shape index (κ1) is 21.9. The van der Waals surface area contributed by atoms with Crippen molar-refractivity contribution < 1.29 is 45.7 Å². The fourth-order valence-corrected chi connectivity index (χ4v) is 2.65. The minimum absolute atomic E-state index is 0.0235. The van der Waals surface area contributed by atoms with Crippen LogP contribution in [0.25, 0.3) is 22.5 Å². The van der Waals surface area contributed by atoms with E-state index in [9.17, 15) is 36.2 Å². The van der Waals surface area contributed by atoms with E-state index < -0.39 is 30.2 Å². The molecular weight excluding hydrogens is 432 g/mol. The molecule has 2 aromatic carbocycles. The van der Waals surface area contributed by atoms with Gasteiger partial charge in [0.2, 0.25) is 0 Å². The van der Waals surface area contributed by atoms with Crippen LogP contribution in [0.2, 0.25) is 0 Å². The van der Waals surface area contributed by atoms with Crippen molar-refractivity contribution in [1.82, 2.24) is 4.98 Å². The predicted molar refractivity (Wildman–Crippen MR) is 95.4 cm³/mol. The van der Waals surface area contributed by atoms with Crippen LogP contribution in [0.3, 0.4) is 0 Å². The molecule has 1 heterocycles. The summed E-state index contributed by atoms with van der Waals surface area (Å²) in [6.45, 7) is 0. The highest BCUT2D eigenvalue weighted by atomic mass is 19.4. The highest BCUT2D eigenvalue weighted by Crippen LogP contribution is 2.31. The Morgan fingerprint density at radius 2 is 1.16 bits per heavy atom. The number of benzene rings is 2. The van der Waals surface area contributed by atoms with Crippen LogP contribution in [0.15, 0.2) is 60.7 Å². The summed E-state index contributed by atoms with van der Waals surface area (Å²) in [5.74, 6) is -2.46. The number of carboxylic acid groups (broad SMARTS) is 1. The Morgan fingerprint density at radius 1 is 0.742 bits per heavy atom. The van der Waals surface area contributed by atoms with Crippen molar-refractivity contribution in [3.05, 3.63) is 66.2 Å². The van der Waals surface area contributed by atoms with Crippen molar-refractivity contribution in [2.75, 3.05) is 0 Å². The number of nitrogens with zero attached hydrogens (tertiary/aromatic N) is 1. The van der Waals surface area contributed by atoms with E-state index in [1.807, 2.05) is 0 Å². The second-order valence-electron chi connectivity index (χ2n) is 6.08. The average Bonchev–Trinajstić information content (AvgIpc) is 2.65. The molecule has 0 aliphatic heterocycles. The number of hydrogen-bond donors (Lipinski definition) is 1. The molecule has 31 heavy (non-hydrogen) atoms. The number of aromatic nitrogens is 1. The van der Waals surface area contributed by atoms with E-state index >= 15 is 0 Å². The van der Waals surface area contributed by atoms with Crippen molar-refractivity contribution in [2.24, 2.45) is 0 Å². The Labute approximate surface area is 170 Å². The van der Waals surface area contributed by atoms with Crippen molar-refractivity contribution in [1.29, 1.82) is 0 Å². The number of carboxylic acids is 1. The third-order valence-electron chi connectivity index (χ3n) is 3.80. The van der Waals surface area contributed by atoms with Gasteiger partial charge in [-0.2, -0.15) is 0 Å². The van der Waals surface area contributed by atoms with E-state index in [1.165, 1.54) is 24.3 Å². The lowest BCUT2D eigenvalue weighted by Crippen LogP contribution is -2.17. The van der Waals surface area contributed by atoms with Gasteiger partial charge in [0.1, 0.15) is 11.5 Å². The van der Waals surface area contributed by atoms with Gasteiger partial charge in [-0.05, 0) is 36.4 Å². The van der Waals surface area contributed by atoms with Crippen molar-refractivity contribution >= 4 is 5.97 Å². The van der Waals surface area contributed by atoms with Crippen LogP contribution in [0, 0.1) is 0 Å². The van der Waals surface area contributed by atoms with Crippen LogP contribution >= 0.6 is 0 Å². The Morgan fingerprint density at radius 3 is 1.52 bits per heavy atom. The number of carbonyl (C=O) groups is 1. The highest BCUT2D eigenvalue weighted by Gasteiger charge is 2.32. The Bertz CT molecular complexity index is 1030. The van der Waals surface area contributed by atoms with E-state index in [1.54, 1.807) is 0 Å². The van der Waals surface area contributed by atoms with Gasteiger partial charge in [-0.25, -0.2) is 9.78 Å². The molecule has 0 aliphatic carbocycles. The van der Waals surface area contributed by atoms with Crippen molar-refractivity contribution in [3.8, 4) is 34.0 Å². The second-order valence-corrected chi connectivity index (χ2v) is 6.08. The van der Waals surface area contributed by atoms with Crippen LogP contribution < -0.4 is 9.47 Å². The number of hydrogen-bond acceptors (Lipinski definition) is 4. The lowest BCUT2D eigenvalue weighted by molar-refractivity contribution is -0.275. The third-order valence-corrected chi connectivity index (χ3v) is 3.80. The fraction of sp³-hybridized carbons (Fsp3) is 0.100. The van der Waals surface area contributed by atoms with Crippen molar-refractivity contribution in [3.63, 3.8) is 0 Å². The van der Waals surface area contributed by atoms with Gasteiger partial charge in [0.15, 0.2) is 0 Å². The first-order valence-corrected chi connectivity index (χ1v) is 8.37. The third kappa shape index (κ3) is 6.11. The van der Waals surface area contributed by atoms with Gasteiger partial charge in [-0.3, -0.25) is 0 Å². The molecule has 3 aromatic rings. The maximum atomic E-state index is 12.5. The quantitative estimate of drug-likeness (QED) is 0.497. The number of halogens is 6. The maximum absolute atomic E-state index is 12.5. The van der Waals surface area contributed by atoms with Crippen LogP contribution in [-0.2, 0) is 0 Å². The molecule has 162 valence electrons. The molecule has 0 bridgehead atoms. The zero-order valence-corrected chi connectivity index (χ0v) is 15.2. The Hall–Kier alpha value is -3.76. The van der Waals surface area contributed by atoms with Crippen LogP contribution in [-0.4, -0.2) is 28.8 Å². The summed E-state index contributed by atoms with van der Waals surface area (Å²) in [7, 11) is 0. The molecule has 0 saturated heterocycles. The summed E-state index contributed by atoms with van der Waals surface area (Å²) in [4.78, 5) is 15.7. The number of ether oxygens (including phenoxy) is 2. The molecule has 0 unspecified atom stereocenters. The molecule has 0 aliphatic rings. The summed E-state index contributed by atoms with van der Waals surface area (Å²) >= 11 is 0. The highest BCUT2D eigenvalue weighted by molar-refractivity contribution is 5.90. The van der Waals surface area contributed by atoms with E-state index in [2.05, 4.69) is 14.5 Å². The first-order valence-electron chi connectivity index (χ1n) is 8.37. The first-order chi connectivity index (χ1) is 14.4. The van der Waals surface area contributed by atoms with Gasteiger partial charge < -0.3 is 14.6 Å². The molecule has 0 saturated carbocycles. The van der Waals surface area contributed by atoms with E-state index in [4.69, 9.17) is 0 Å². The SMILES string of the molecule is O=C(O)c1cc(-c2cccc(OC(F)(F)F)c2)nc(-c2cccc(OC(F)(F)F)c2)c1. The van der Waals surface area contributed by atoms with E-state index in [0.717, 1.165) is 36.4 Å². The lowest BCUT2D eigenvalue weighted by Gasteiger charge is -2.12. The maximum Gasteiger partial charge on any atom is 0.573 e. The topological polar surface area (TPSA) is 68.7 Å². The second kappa shape index (κ2) is 8.17. The number of alkyl halides is 6. The van der Waals surface area contributed by atoms with Gasteiger partial charge >= 0.3 is 18.7 Å². The number of pyridine rings is 1. The monoisotopic (exact) mass is 443 g/mol. The Balaban J connectivity index is 2.07. The van der Waals surface area contributed by atoms with Crippen LogP contribution in [0.5, 0.6) is 11.5 Å². The molecule has 0 radical (unpaired) electrons. The smallest absolute Gasteiger partial charge is 0.478 e. The van der Waals surface area contributed by atoms with E-state index in [-0.39, 0.29) is 28.1 Å². The predicted octanol–water partition coefficient (Wildman–Crippen LogP) is 5.91. The molecule has 0 fully saturated rings. The molecule has 1 N–H and O–H groups in total. The van der Waals surface area contributed by atoms with Crippen LogP contribution in [0.1, 0.15) is 10.4 Å². The molecular formula is C20H11F6NO4. The van der Waals surface area contributed by atoms with Crippen LogP contribution in [0.4, 0.5) is 26.3 Å². The summed E-state index contributed by atoms with van der Waals surface area (Å²) in [5, 5.41) is 9.37. The molecule has 0 amide bonds. The van der Waals surface area contributed by atoms with Gasteiger partial charge in [0.25, 0.3) is 0 Å². The summed E-state index contributed by atoms with van der Waals surface area (Å²) < 4.78 is 82.6. The molecule has 11 heteroatoms. The Kier molecular flexibility index (Phi) is 5.78. The standard InChI is InChI=1S/C20H11F6NO4/c21-19(22,23)30-14-5-1-3-11(7-14)16-9-13(18(28)29)10-17(27-16)12-4-2-6-15(8-12)31-20(24,25)26/h1-10H,(H,28,29). The van der Waals surface area contributed by atoms with Gasteiger partial charge in [0.05, 0.1) is 17.0 Å². The van der Waals surface area contributed by atoms with Gasteiger partial charge in [0, 0.05) is 11.1 Å². The largest absolute Gasteiger partial charge is 0.573 e. The minimum atomic E-state index is -4.93. The molecule has 0 atom stereocenters. The number of rotatable bonds is 5. The summed E-state index contributed by atoms with van der Waals surface area (Å²) in [5.41, 5.74) is -0.110. The summed E-state index contributed by atoms with van der Waals surface area (Å²) in [6.07, 6.45) is -9.86. The van der Waals surface area contributed by atoms with Gasteiger partial charge in [-0.1, -0.05) is 24.3 Å². The number of aromatic carboxylic acids is 1. The van der Waals surface area contributed by atoms with Crippen molar-refractivity contribution in [2.45, 2.75) is 12.7 Å². The molecule has 0 spiro atoms. The van der Waals surface area contributed by atoms with E-state index in [0.29, 0.717) is 0 Å². The minimum Gasteiger partial charge on any atom is -0.478 e. The molecule has 1 aromatic heterocycles. The zero-order valence-electron chi connectivity index (χ0n) is 15.2. The van der Waals surface area contributed by atoms with Gasteiger partial charge in [-0.15, -0.1) is 26.3 Å². The summed E-state index contributed by atoms with van der Waals surface area (Å²) in [6, 6.07) is 11.6. The normalized spacial score (nSPS) is 11.8.